The van der Waals surface area contributed by atoms with Crippen molar-refractivity contribution in [3.8, 4) is 11.5 Å². The fraction of sp³-hybridized carbons (Fsp3) is 0.276. The number of nitrogens with one attached hydrogen (secondary N) is 2. The van der Waals surface area contributed by atoms with Crippen LogP contribution >= 0.6 is 0 Å². The number of anilines is 3. The predicted octanol–water partition coefficient (Wildman–Crippen LogP) is 4.20. The molecule has 2 atom stereocenters. The maximum absolute atomic E-state index is 15.6. The van der Waals surface area contributed by atoms with Crippen molar-refractivity contribution < 1.29 is 13.9 Å². The molecule has 6 rings (SSSR count). The van der Waals surface area contributed by atoms with Crippen molar-refractivity contribution in [2.24, 2.45) is 13.0 Å². The molecule has 1 aliphatic rings. The topological polar surface area (TPSA) is 136 Å². The van der Waals surface area contributed by atoms with E-state index in [1.54, 1.807) is 42.1 Å². The van der Waals surface area contributed by atoms with E-state index in [2.05, 4.69) is 49.4 Å². The highest BCUT2D eigenvalue weighted by Gasteiger charge is 2.28. The summed E-state index contributed by atoms with van der Waals surface area (Å²) in [5.41, 5.74) is 3.03. The number of nitrogens with zero attached hydrogens (tertiary/aromatic N) is 8. The first-order valence-electron chi connectivity index (χ1n) is 13.5. The Bertz CT molecular complexity index is 1820. The molecule has 0 unspecified atom stereocenters. The third kappa shape index (κ3) is 5.16. The molecule has 4 heterocycles. The van der Waals surface area contributed by atoms with E-state index < -0.39 is 5.82 Å². The molecule has 0 aliphatic carbocycles. The van der Waals surface area contributed by atoms with E-state index in [1.807, 2.05) is 18.0 Å². The van der Waals surface area contributed by atoms with E-state index in [4.69, 9.17) is 9.72 Å². The number of ether oxygens (including phenoxy) is 1. The van der Waals surface area contributed by atoms with E-state index in [9.17, 15) is 4.79 Å². The molecule has 1 amide bonds. The first kappa shape index (κ1) is 27.0. The summed E-state index contributed by atoms with van der Waals surface area (Å²) in [6.45, 7) is 8.56. The molecule has 42 heavy (non-hydrogen) atoms. The summed E-state index contributed by atoms with van der Waals surface area (Å²) in [7, 11) is 1.81. The van der Waals surface area contributed by atoms with Crippen LogP contribution < -0.4 is 20.3 Å². The van der Waals surface area contributed by atoms with E-state index in [-0.39, 0.29) is 17.6 Å². The first-order valence-corrected chi connectivity index (χ1v) is 13.5. The number of carbonyl (C=O) groups excluding carboxylic acids is 1. The van der Waals surface area contributed by atoms with Gasteiger partial charge in [0.2, 0.25) is 11.9 Å². The zero-order chi connectivity index (χ0) is 29.4. The van der Waals surface area contributed by atoms with Gasteiger partial charge in [0.25, 0.3) is 0 Å². The van der Waals surface area contributed by atoms with Crippen molar-refractivity contribution in [2.45, 2.75) is 26.3 Å². The molecule has 214 valence electrons. The van der Waals surface area contributed by atoms with Crippen LogP contribution in [0.25, 0.3) is 22.1 Å². The number of piperidine rings is 1. The van der Waals surface area contributed by atoms with Crippen molar-refractivity contribution in [2.75, 3.05) is 23.3 Å². The number of aryl methyl sites for hydroxylation is 1. The van der Waals surface area contributed by atoms with Gasteiger partial charge in [-0.15, -0.1) is 5.10 Å². The van der Waals surface area contributed by atoms with Gasteiger partial charge in [0.15, 0.2) is 11.6 Å². The van der Waals surface area contributed by atoms with Crippen molar-refractivity contribution in [1.29, 1.82) is 0 Å². The van der Waals surface area contributed by atoms with Gasteiger partial charge >= 0.3 is 0 Å². The van der Waals surface area contributed by atoms with Crippen LogP contribution in [-0.4, -0.2) is 60.0 Å². The molecule has 2 N–H and O–H groups in total. The van der Waals surface area contributed by atoms with Crippen LogP contribution in [0.3, 0.4) is 0 Å². The van der Waals surface area contributed by atoms with Crippen LogP contribution in [0.1, 0.15) is 18.9 Å². The molecule has 0 radical (unpaired) electrons. The molecule has 0 bridgehead atoms. The lowest BCUT2D eigenvalue weighted by molar-refractivity contribution is -0.117. The van der Waals surface area contributed by atoms with Gasteiger partial charge in [-0.2, -0.15) is 0 Å². The fourth-order valence-corrected chi connectivity index (χ4v) is 4.98. The summed E-state index contributed by atoms with van der Waals surface area (Å²) in [4.78, 5) is 31.8. The van der Waals surface area contributed by atoms with E-state index >= 15 is 4.39 Å². The molecule has 5 aromatic rings. The maximum atomic E-state index is 15.6. The number of hydrogen-bond donors (Lipinski definition) is 2. The zero-order valence-corrected chi connectivity index (χ0v) is 23.4. The minimum Gasteiger partial charge on any atom is -0.457 e. The maximum Gasteiger partial charge on any atom is 0.243 e. The Labute approximate surface area is 240 Å². The summed E-state index contributed by atoms with van der Waals surface area (Å²) in [5.74, 6) is 1.30. The second kappa shape index (κ2) is 11.0. The summed E-state index contributed by atoms with van der Waals surface area (Å²) in [6.07, 6.45) is 5.12. The van der Waals surface area contributed by atoms with Gasteiger partial charge in [-0.3, -0.25) is 4.79 Å². The number of carbonyl (C=O) groups is 1. The van der Waals surface area contributed by atoms with Crippen molar-refractivity contribution >= 4 is 45.4 Å². The number of aromatic nitrogens is 7. The molecule has 3 aromatic heterocycles. The van der Waals surface area contributed by atoms with Crippen LogP contribution in [0.15, 0.2) is 55.5 Å². The molecular weight excluding hydrogens is 539 g/mol. The Hall–Kier alpha value is -5.20. The highest BCUT2D eigenvalue weighted by atomic mass is 19.1. The fourth-order valence-electron chi connectivity index (χ4n) is 4.98. The first-order chi connectivity index (χ1) is 20.3. The molecule has 0 saturated carbocycles. The monoisotopic (exact) mass is 568 g/mol. The Morgan fingerprint density at radius 1 is 1.19 bits per heavy atom. The number of hydrogen-bond acceptors (Lipinski definition) is 10. The lowest BCUT2D eigenvalue weighted by Gasteiger charge is -2.37. The molecule has 1 aliphatic heterocycles. The number of benzene rings is 2. The Morgan fingerprint density at radius 2 is 2.05 bits per heavy atom. The lowest BCUT2D eigenvalue weighted by atomic mass is 9.93. The summed E-state index contributed by atoms with van der Waals surface area (Å²) in [5, 5.41) is 14.2. The highest BCUT2D eigenvalue weighted by molar-refractivity contribution is 5.88. The van der Waals surface area contributed by atoms with E-state index in [0.717, 1.165) is 18.5 Å². The number of rotatable bonds is 7. The van der Waals surface area contributed by atoms with Crippen LogP contribution in [0.4, 0.5) is 21.8 Å². The van der Waals surface area contributed by atoms with Gasteiger partial charge in [-0.05, 0) is 49.6 Å². The molecule has 2 aromatic carbocycles. The van der Waals surface area contributed by atoms with Gasteiger partial charge in [-0.1, -0.05) is 18.7 Å². The number of halogens is 1. The molecule has 1 fully saturated rings. The highest BCUT2D eigenvalue weighted by Crippen LogP contribution is 2.33. The van der Waals surface area contributed by atoms with Crippen LogP contribution in [0.5, 0.6) is 11.5 Å². The molecule has 0 spiro atoms. The van der Waals surface area contributed by atoms with Crippen molar-refractivity contribution in [3.63, 3.8) is 0 Å². The second-order valence-corrected chi connectivity index (χ2v) is 10.3. The smallest absolute Gasteiger partial charge is 0.243 e. The van der Waals surface area contributed by atoms with Crippen LogP contribution in [-0.2, 0) is 11.8 Å². The Kier molecular flexibility index (Phi) is 7.07. The Balaban J connectivity index is 1.25. The van der Waals surface area contributed by atoms with Crippen LogP contribution in [0.2, 0.25) is 0 Å². The van der Waals surface area contributed by atoms with Crippen molar-refractivity contribution in [3.05, 3.63) is 66.9 Å². The SMILES string of the molecule is C=CC(=O)N[C@H]1CN(c2ncc3ncnc(Nc4ccc(Oc5ccc6c(c5)nnn6C)c(C)c4F)c3n2)CC[C@@H]1C. The summed E-state index contributed by atoms with van der Waals surface area (Å²) < 4.78 is 23.3. The largest absolute Gasteiger partial charge is 0.457 e. The average molecular weight is 569 g/mol. The lowest BCUT2D eigenvalue weighted by Crippen LogP contribution is -2.52. The predicted molar refractivity (Wildman–Crippen MR) is 156 cm³/mol. The van der Waals surface area contributed by atoms with E-state index in [0.29, 0.717) is 57.8 Å². The van der Waals surface area contributed by atoms with Crippen molar-refractivity contribution in [1.82, 2.24) is 40.2 Å². The minimum absolute atomic E-state index is 0.0755. The number of amides is 1. The summed E-state index contributed by atoms with van der Waals surface area (Å²) >= 11 is 0. The average Bonchev–Trinajstić information content (AvgIpc) is 3.37. The Morgan fingerprint density at radius 3 is 2.88 bits per heavy atom. The van der Waals surface area contributed by atoms with Gasteiger partial charge in [0, 0.05) is 37.8 Å². The zero-order valence-electron chi connectivity index (χ0n) is 23.4. The second-order valence-electron chi connectivity index (χ2n) is 10.3. The third-order valence-corrected chi connectivity index (χ3v) is 7.52. The number of fused-ring (bicyclic) bond motifs is 2. The quantitative estimate of drug-likeness (QED) is 0.275. The molecular formula is C29H29FN10O2. The minimum atomic E-state index is -0.486. The third-order valence-electron chi connectivity index (χ3n) is 7.52. The van der Waals surface area contributed by atoms with E-state index in [1.165, 1.54) is 12.4 Å². The molecule has 12 nitrogen and oxygen atoms in total. The molecule has 13 heteroatoms. The van der Waals surface area contributed by atoms with Gasteiger partial charge < -0.3 is 20.3 Å². The normalized spacial score (nSPS) is 16.9. The van der Waals surface area contributed by atoms with Gasteiger partial charge in [0.05, 0.1) is 17.4 Å². The molecule has 1 saturated heterocycles. The standard InChI is InChI=1S/C29H29FN10O2/c1-5-25(41)34-22-14-40(11-10-16(22)2)29-31-13-21-27(36-29)28(33-15-32-21)35-19-7-9-24(17(3)26(19)30)42-18-6-8-23-20(12-18)37-38-39(23)4/h5-9,12-13,15-16,22H,1,10-11,14H2,2-4H3,(H,34,41)(H,32,33,35)/t16-,22-/m0/s1. The summed E-state index contributed by atoms with van der Waals surface area (Å²) in [6, 6.07) is 8.61. The van der Waals surface area contributed by atoms with Crippen LogP contribution in [0, 0.1) is 18.7 Å². The van der Waals surface area contributed by atoms with Gasteiger partial charge in [0.1, 0.15) is 34.4 Å². The van der Waals surface area contributed by atoms with Gasteiger partial charge in [-0.25, -0.2) is 29.0 Å².